The molecule has 2 aliphatic rings. The first kappa shape index (κ1) is 19.5. The van der Waals surface area contributed by atoms with E-state index in [1.54, 1.807) is 35.4 Å². The zero-order valence-corrected chi connectivity index (χ0v) is 17.5. The second kappa shape index (κ2) is 7.46. The largest absolute Gasteiger partial charge is 0.508 e. The number of anilines is 2. The molecule has 0 aromatic heterocycles. The molecule has 2 fully saturated rings. The molecule has 2 amide bonds. The van der Waals surface area contributed by atoms with Crippen LogP contribution in [-0.4, -0.2) is 23.0 Å². The molecule has 4 aromatic carbocycles. The summed E-state index contributed by atoms with van der Waals surface area (Å²) in [6, 6.07) is 29.0. The molecule has 0 spiro atoms. The number of hydrogen-bond donors (Lipinski definition) is 1. The van der Waals surface area contributed by atoms with Crippen molar-refractivity contribution in [2.24, 2.45) is 5.92 Å². The van der Waals surface area contributed by atoms with E-state index in [4.69, 9.17) is 4.84 Å². The monoisotopic (exact) mass is 436 g/mol. The number of phenolic OH excluding ortho intramolecular Hbond substituents is 1. The Balaban J connectivity index is 1.43. The molecule has 0 radical (unpaired) electrons. The van der Waals surface area contributed by atoms with Gasteiger partial charge in [0.05, 0.1) is 17.4 Å². The topological polar surface area (TPSA) is 70.1 Å². The standard InChI is InChI=1S/C27H20N2O4/c30-22-14-11-18(12-15-22)24-23-25(33-29(24)20-8-2-1-3-9-20)27(32)28(26(23)31)21-13-10-17-6-4-5-7-19(17)16-21/h1-16,23-25,30H/t23-,24-,25+/m0/s1. The number of hydrogen-bond acceptors (Lipinski definition) is 5. The van der Waals surface area contributed by atoms with Crippen LogP contribution >= 0.6 is 0 Å². The summed E-state index contributed by atoms with van der Waals surface area (Å²) in [6.45, 7) is 0. The second-order valence-electron chi connectivity index (χ2n) is 8.29. The summed E-state index contributed by atoms with van der Waals surface area (Å²) in [6.07, 6.45) is -0.928. The second-order valence-corrected chi connectivity index (χ2v) is 8.29. The molecule has 33 heavy (non-hydrogen) atoms. The Morgan fingerprint density at radius 2 is 1.39 bits per heavy atom. The number of aromatic hydroxyl groups is 1. The van der Waals surface area contributed by atoms with Crippen molar-refractivity contribution in [2.45, 2.75) is 12.1 Å². The maximum Gasteiger partial charge on any atom is 0.266 e. The molecule has 4 aromatic rings. The van der Waals surface area contributed by atoms with Gasteiger partial charge in [0.2, 0.25) is 5.91 Å². The molecule has 0 aliphatic carbocycles. The number of rotatable bonds is 3. The molecule has 6 heteroatoms. The Morgan fingerprint density at radius 3 is 2.15 bits per heavy atom. The number of phenols is 1. The molecule has 3 atom stereocenters. The zero-order valence-electron chi connectivity index (χ0n) is 17.5. The first-order valence-corrected chi connectivity index (χ1v) is 10.8. The number of imide groups is 1. The van der Waals surface area contributed by atoms with Crippen LogP contribution in [0.4, 0.5) is 11.4 Å². The molecule has 6 nitrogen and oxygen atoms in total. The van der Waals surface area contributed by atoms with E-state index in [-0.39, 0.29) is 17.6 Å². The average molecular weight is 436 g/mol. The molecule has 0 bridgehead atoms. The quantitative estimate of drug-likeness (QED) is 0.476. The molecule has 6 rings (SSSR count). The maximum absolute atomic E-state index is 13.7. The van der Waals surface area contributed by atoms with Crippen molar-refractivity contribution < 1.29 is 19.5 Å². The van der Waals surface area contributed by atoms with Crippen molar-refractivity contribution in [1.82, 2.24) is 0 Å². The van der Waals surface area contributed by atoms with E-state index >= 15 is 0 Å². The molecule has 2 aliphatic heterocycles. The van der Waals surface area contributed by atoms with Gasteiger partial charge in [0.15, 0.2) is 6.10 Å². The molecule has 0 unspecified atom stereocenters. The Labute approximate surface area is 190 Å². The van der Waals surface area contributed by atoms with Gasteiger partial charge in [0.25, 0.3) is 5.91 Å². The van der Waals surface area contributed by atoms with Gasteiger partial charge < -0.3 is 5.11 Å². The number of carbonyl (C=O) groups is 2. The molecular formula is C27H20N2O4. The highest BCUT2D eigenvalue weighted by Crippen LogP contribution is 2.47. The van der Waals surface area contributed by atoms with E-state index in [1.165, 1.54) is 4.90 Å². The Kier molecular flexibility index (Phi) is 4.41. The average Bonchev–Trinajstić information content (AvgIpc) is 3.36. The first-order valence-electron chi connectivity index (χ1n) is 10.8. The lowest BCUT2D eigenvalue weighted by molar-refractivity contribution is -0.126. The van der Waals surface area contributed by atoms with Crippen LogP contribution in [-0.2, 0) is 14.4 Å². The molecule has 1 N–H and O–H groups in total. The van der Waals surface area contributed by atoms with Gasteiger partial charge in [-0.3, -0.25) is 14.4 Å². The number of amides is 2. The normalized spacial score (nSPS) is 22.2. The van der Waals surface area contributed by atoms with Gasteiger partial charge in [-0.2, -0.15) is 0 Å². The van der Waals surface area contributed by atoms with Crippen LogP contribution < -0.4 is 9.96 Å². The summed E-state index contributed by atoms with van der Waals surface area (Å²) in [5.41, 5.74) is 2.07. The molecule has 0 saturated carbocycles. The van der Waals surface area contributed by atoms with E-state index in [9.17, 15) is 14.7 Å². The highest BCUT2D eigenvalue weighted by molar-refractivity contribution is 6.24. The number of fused-ring (bicyclic) bond motifs is 2. The zero-order chi connectivity index (χ0) is 22.5. The highest BCUT2D eigenvalue weighted by Gasteiger charge is 2.60. The van der Waals surface area contributed by atoms with Crippen LogP contribution in [0.15, 0.2) is 97.1 Å². The van der Waals surface area contributed by atoms with E-state index in [0.717, 1.165) is 22.0 Å². The predicted octanol–water partition coefficient (Wildman–Crippen LogP) is 4.60. The lowest BCUT2D eigenvalue weighted by atomic mass is 9.90. The summed E-state index contributed by atoms with van der Waals surface area (Å²) < 4.78 is 0. The molecule has 2 heterocycles. The first-order chi connectivity index (χ1) is 16.1. The number of carbonyl (C=O) groups excluding carboxylic acids is 2. The molecular weight excluding hydrogens is 416 g/mol. The van der Waals surface area contributed by atoms with Crippen molar-refractivity contribution in [3.8, 4) is 5.75 Å². The van der Waals surface area contributed by atoms with E-state index in [2.05, 4.69) is 0 Å². The van der Waals surface area contributed by atoms with Gasteiger partial charge in [-0.15, -0.1) is 0 Å². The van der Waals surface area contributed by atoms with Crippen LogP contribution in [0.1, 0.15) is 11.6 Å². The van der Waals surface area contributed by atoms with Gasteiger partial charge >= 0.3 is 0 Å². The SMILES string of the molecule is O=C1[C@@H]2[C@@H](ON(c3ccccc3)[C@H]2c2ccc(O)cc2)C(=O)N1c1ccc2ccccc2c1. The van der Waals surface area contributed by atoms with Crippen LogP contribution in [0.25, 0.3) is 10.8 Å². The number of nitrogens with zero attached hydrogens (tertiary/aromatic N) is 2. The Morgan fingerprint density at radius 1 is 0.697 bits per heavy atom. The maximum atomic E-state index is 13.7. The fourth-order valence-electron chi connectivity index (χ4n) is 4.79. The van der Waals surface area contributed by atoms with Crippen LogP contribution in [0.5, 0.6) is 5.75 Å². The number of para-hydroxylation sites is 1. The summed E-state index contributed by atoms with van der Waals surface area (Å²) >= 11 is 0. The van der Waals surface area contributed by atoms with E-state index in [0.29, 0.717) is 5.69 Å². The highest BCUT2D eigenvalue weighted by atomic mass is 16.7. The third kappa shape index (κ3) is 3.07. The number of benzene rings is 4. The fraction of sp³-hybridized carbons (Fsp3) is 0.111. The minimum atomic E-state index is -0.928. The molecule has 162 valence electrons. The summed E-state index contributed by atoms with van der Waals surface area (Å²) in [7, 11) is 0. The van der Waals surface area contributed by atoms with Gasteiger partial charge in [-0.05, 0) is 52.7 Å². The van der Waals surface area contributed by atoms with Gasteiger partial charge in [0.1, 0.15) is 11.7 Å². The van der Waals surface area contributed by atoms with Crippen molar-refractivity contribution in [3.05, 3.63) is 103 Å². The lowest BCUT2D eigenvalue weighted by Gasteiger charge is -2.28. The minimum Gasteiger partial charge on any atom is -0.508 e. The summed E-state index contributed by atoms with van der Waals surface area (Å²) in [5.74, 6) is -1.25. The predicted molar refractivity (Wildman–Crippen MR) is 125 cm³/mol. The van der Waals surface area contributed by atoms with E-state index < -0.39 is 18.1 Å². The van der Waals surface area contributed by atoms with Gasteiger partial charge in [0, 0.05) is 0 Å². The van der Waals surface area contributed by atoms with Crippen LogP contribution in [0.2, 0.25) is 0 Å². The Hall–Kier alpha value is -4.16. The Bertz CT molecular complexity index is 1370. The van der Waals surface area contributed by atoms with Gasteiger partial charge in [-0.25, -0.2) is 9.96 Å². The van der Waals surface area contributed by atoms with Crippen molar-refractivity contribution in [1.29, 1.82) is 0 Å². The van der Waals surface area contributed by atoms with Crippen LogP contribution in [0.3, 0.4) is 0 Å². The summed E-state index contributed by atoms with van der Waals surface area (Å²) in [4.78, 5) is 34.6. The summed E-state index contributed by atoms with van der Waals surface area (Å²) in [5, 5.41) is 13.4. The van der Waals surface area contributed by atoms with Gasteiger partial charge in [-0.1, -0.05) is 60.7 Å². The number of hydroxylamine groups is 1. The van der Waals surface area contributed by atoms with Crippen LogP contribution in [0, 0.1) is 5.92 Å². The minimum absolute atomic E-state index is 0.132. The smallest absolute Gasteiger partial charge is 0.266 e. The fourth-order valence-corrected chi connectivity index (χ4v) is 4.79. The van der Waals surface area contributed by atoms with Crippen molar-refractivity contribution in [3.63, 3.8) is 0 Å². The lowest BCUT2D eigenvalue weighted by Crippen LogP contribution is -2.37. The van der Waals surface area contributed by atoms with Crippen molar-refractivity contribution >= 4 is 34.0 Å². The third-order valence-electron chi connectivity index (χ3n) is 6.35. The third-order valence-corrected chi connectivity index (χ3v) is 6.35. The van der Waals surface area contributed by atoms with E-state index in [1.807, 2.05) is 66.7 Å². The van der Waals surface area contributed by atoms with Crippen molar-refractivity contribution in [2.75, 3.05) is 9.96 Å². The molecule has 2 saturated heterocycles.